The summed E-state index contributed by atoms with van der Waals surface area (Å²) in [4.78, 5) is 20.0. The average Bonchev–Trinajstić information content (AvgIpc) is 2.33. The van der Waals surface area contributed by atoms with Crippen molar-refractivity contribution in [2.75, 3.05) is 0 Å². The van der Waals surface area contributed by atoms with Gasteiger partial charge in [-0.25, -0.2) is 0 Å². The molecule has 0 aliphatic heterocycles. The predicted molar refractivity (Wildman–Crippen MR) is 27.4 cm³/mol. The van der Waals surface area contributed by atoms with Crippen molar-refractivity contribution in [1.82, 2.24) is 0 Å². The second-order valence-electron chi connectivity index (χ2n) is 1.74. The molecule has 0 unspecified atom stereocenters. The highest BCUT2D eigenvalue weighted by molar-refractivity contribution is 5.87. The van der Waals surface area contributed by atoms with Gasteiger partial charge in [0.2, 0.25) is 0 Å². The van der Waals surface area contributed by atoms with E-state index in [1.54, 1.807) is 0 Å². The molecule has 0 saturated carbocycles. The lowest BCUT2D eigenvalue weighted by atomic mass is 10.4. The largest absolute Gasteiger partial charge is 0.542 e. The lowest BCUT2D eigenvalue weighted by Crippen LogP contribution is -2.23. The maximum Gasteiger partial charge on any atom is 0.150 e. The Morgan fingerprint density at radius 3 is 1.64 bits per heavy atom. The van der Waals surface area contributed by atoms with Crippen LogP contribution in [0.5, 0.6) is 0 Å². The first-order valence-electron chi connectivity index (χ1n) is 2.64. The van der Waals surface area contributed by atoms with Gasteiger partial charge in [0.25, 0.3) is 0 Å². The van der Waals surface area contributed by atoms with E-state index in [0.29, 0.717) is 0 Å². The third-order valence-electron chi connectivity index (χ3n) is 1.01. The molecule has 0 aromatic carbocycles. The monoisotopic (exact) mass is 154 g/mol. The maximum absolute atomic E-state index is 10.0. The van der Waals surface area contributed by atoms with E-state index in [2.05, 4.69) is 4.42 Å². The fourth-order valence-electron chi connectivity index (χ4n) is 0.557. The van der Waals surface area contributed by atoms with Crippen molar-refractivity contribution in [3.63, 3.8) is 0 Å². The van der Waals surface area contributed by atoms with E-state index in [9.17, 15) is 19.8 Å². The number of aromatic carboxylic acids is 2. The Bertz CT molecular complexity index is 269. The van der Waals surface area contributed by atoms with Crippen molar-refractivity contribution < 1.29 is 24.2 Å². The molecule has 0 amide bonds. The molecule has 58 valence electrons. The quantitative estimate of drug-likeness (QED) is 0.491. The highest BCUT2D eigenvalue weighted by Crippen LogP contribution is 2.04. The number of furan rings is 1. The number of carboxylic acid groups (broad SMARTS) is 2. The minimum Gasteiger partial charge on any atom is -0.542 e. The first-order chi connectivity index (χ1) is 5.11. The second kappa shape index (κ2) is 2.45. The van der Waals surface area contributed by atoms with Gasteiger partial charge in [-0.3, -0.25) is 0 Å². The molecule has 0 bridgehead atoms. The van der Waals surface area contributed by atoms with Gasteiger partial charge in [0.15, 0.2) is 0 Å². The van der Waals surface area contributed by atoms with Crippen molar-refractivity contribution in [3.05, 3.63) is 23.7 Å². The van der Waals surface area contributed by atoms with E-state index in [1.165, 1.54) is 0 Å². The zero-order valence-electron chi connectivity index (χ0n) is 5.20. The minimum atomic E-state index is -1.56. The van der Waals surface area contributed by atoms with E-state index in [4.69, 9.17) is 0 Å². The van der Waals surface area contributed by atoms with Crippen molar-refractivity contribution in [3.8, 4) is 0 Å². The van der Waals surface area contributed by atoms with E-state index >= 15 is 0 Å². The highest BCUT2D eigenvalue weighted by atomic mass is 16.4. The van der Waals surface area contributed by atoms with Crippen molar-refractivity contribution >= 4 is 11.9 Å². The van der Waals surface area contributed by atoms with E-state index < -0.39 is 23.5 Å². The summed E-state index contributed by atoms with van der Waals surface area (Å²) >= 11 is 0. The highest BCUT2D eigenvalue weighted by Gasteiger charge is 2.01. The van der Waals surface area contributed by atoms with Crippen LogP contribution in [-0.2, 0) is 0 Å². The van der Waals surface area contributed by atoms with Gasteiger partial charge in [-0.05, 0) is 12.1 Å². The van der Waals surface area contributed by atoms with Crippen LogP contribution in [0.3, 0.4) is 0 Å². The maximum atomic E-state index is 10.0. The van der Waals surface area contributed by atoms with E-state index in [1.807, 2.05) is 0 Å². The van der Waals surface area contributed by atoms with Crippen LogP contribution in [0.4, 0.5) is 0 Å². The Morgan fingerprint density at radius 1 is 1.09 bits per heavy atom. The summed E-state index contributed by atoms with van der Waals surface area (Å²) in [5.74, 6) is -4.16. The van der Waals surface area contributed by atoms with Gasteiger partial charge in [-0.2, -0.15) is 0 Å². The molecule has 0 atom stereocenters. The summed E-state index contributed by atoms with van der Waals surface area (Å²) in [6, 6.07) is 1.97. The van der Waals surface area contributed by atoms with Crippen LogP contribution >= 0.6 is 0 Å². The third-order valence-corrected chi connectivity index (χ3v) is 1.01. The first-order valence-corrected chi connectivity index (χ1v) is 2.64. The lowest BCUT2D eigenvalue weighted by Gasteiger charge is -1.96. The molecular formula is C6H2O5-2. The van der Waals surface area contributed by atoms with Crippen molar-refractivity contribution in [2.24, 2.45) is 0 Å². The molecular weight excluding hydrogens is 152 g/mol. The zero-order chi connectivity index (χ0) is 8.43. The first kappa shape index (κ1) is 7.33. The van der Waals surface area contributed by atoms with Gasteiger partial charge in [0.1, 0.15) is 23.5 Å². The SMILES string of the molecule is O=C([O-])c1ccc(C(=O)[O-])o1. The summed E-state index contributed by atoms with van der Waals surface area (Å²) < 4.78 is 4.28. The molecule has 5 heteroatoms. The average molecular weight is 154 g/mol. The molecule has 0 radical (unpaired) electrons. The number of hydrogen-bond donors (Lipinski definition) is 0. The normalized spacial score (nSPS) is 9.45. The summed E-state index contributed by atoms with van der Waals surface area (Å²) in [6.07, 6.45) is 0. The number of carbonyl (C=O) groups excluding carboxylic acids is 2. The van der Waals surface area contributed by atoms with Gasteiger partial charge in [0.05, 0.1) is 0 Å². The molecule has 5 nitrogen and oxygen atoms in total. The number of carboxylic acids is 2. The van der Waals surface area contributed by atoms with Crippen LogP contribution in [0.25, 0.3) is 0 Å². The summed E-state index contributed by atoms with van der Waals surface area (Å²) in [6.45, 7) is 0. The van der Waals surface area contributed by atoms with Crippen molar-refractivity contribution in [1.29, 1.82) is 0 Å². The smallest absolute Gasteiger partial charge is 0.150 e. The van der Waals surface area contributed by atoms with Gasteiger partial charge in [-0.1, -0.05) is 0 Å². The number of rotatable bonds is 2. The molecule has 0 N–H and O–H groups in total. The zero-order valence-corrected chi connectivity index (χ0v) is 5.20. The van der Waals surface area contributed by atoms with Crippen LogP contribution in [0.1, 0.15) is 21.1 Å². The van der Waals surface area contributed by atoms with Crippen LogP contribution in [0, 0.1) is 0 Å². The van der Waals surface area contributed by atoms with E-state index in [0.717, 1.165) is 12.1 Å². The number of carbonyl (C=O) groups is 2. The fraction of sp³-hybridized carbons (Fsp3) is 0. The molecule has 1 aromatic rings. The Hall–Kier alpha value is -1.78. The molecule has 11 heavy (non-hydrogen) atoms. The summed E-state index contributed by atoms with van der Waals surface area (Å²) in [5, 5.41) is 20.0. The third kappa shape index (κ3) is 1.37. The molecule has 1 aromatic heterocycles. The fourth-order valence-corrected chi connectivity index (χ4v) is 0.557. The second-order valence-corrected chi connectivity index (χ2v) is 1.74. The lowest BCUT2D eigenvalue weighted by molar-refractivity contribution is -0.258. The van der Waals surface area contributed by atoms with Crippen molar-refractivity contribution in [2.45, 2.75) is 0 Å². The Labute approximate surface area is 60.9 Å². The van der Waals surface area contributed by atoms with Gasteiger partial charge < -0.3 is 24.2 Å². The molecule has 0 spiro atoms. The predicted octanol–water partition coefficient (Wildman–Crippen LogP) is -1.99. The molecule has 1 rings (SSSR count). The van der Waals surface area contributed by atoms with Crippen LogP contribution in [0.2, 0.25) is 0 Å². The number of hydrogen-bond acceptors (Lipinski definition) is 5. The Balaban J connectivity index is 2.99. The molecule has 0 fully saturated rings. The van der Waals surface area contributed by atoms with Crippen LogP contribution in [-0.4, -0.2) is 11.9 Å². The van der Waals surface area contributed by atoms with Gasteiger partial charge in [0, 0.05) is 0 Å². The molecule has 1 heterocycles. The minimum absolute atomic E-state index is 0.524. The standard InChI is InChI=1S/C6H4O5/c7-5(8)3-1-2-4(11-3)6(9)10/h1-2H,(H,7,8)(H,9,10)/p-2. The van der Waals surface area contributed by atoms with Gasteiger partial charge >= 0.3 is 0 Å². The van der Waals surface area contributed by atoms with Crippen LogP contribution in [0.15, 0.2) is 16.5 Å². The molecule has 0 saturated heterocycles. The van der Waals surface area contributed by atoms with Gasteiger partial charge in [-0.15, -0.1) is 0 Å². The van der Waals surface area contributed by atoms with Crippen LogP contribution < -0.4 is 10.2 Å². The van der Waals surface area contributed by atoms with E-state index in [-0.39, 0.29) is 0 Å². The summed E-state index contributed by atoms with van der Waals surface area (Å²) in [7, 11) is 0. The Kier molecular flexibility index (Phi) is 1.63. The Morgan fingerprint density at radius 2 is 1.45 bits per heavy atom. The molecule has 0 aliphatic carbocycles. The topological polar surface area (TPSA) is 93.4 Å². The summed E-state index contributed by atoms with van der Waals surface area (Å²) in [5.41, 5.74) is 0. The molecule has 0 aliphatic rings.